The van der Waals surface area contributed by atoms with Crippen LogP contribution in [0.2, 0.25) is 0 Å². The summed E-state index contributed by atoms with van der Waals surface area (Å²) in [5.74, 6) is 0.525. The van der Waals surface area contributed by atoms with Gasteiger partial charge in [0, 0.05) is 16.2 Å². The van der Waals surface area contributed by atoms with Gasteiger partial charge in [-0.15, -0.1) is 10.2 Å². The van der Waals surface area contributed by atoms with Gasteiger partial charge in [0.2, 0.25) is 0 Å². The van der Waals surface area contributed by atoms with Gasteiger partial charge in [-0.25, -0.2) is 8.42 Å². The van der Waals surface area contributed by atoms with Crippen LogP contribution in [0.4, 0.5) is 0 Å². The first-order valence-corrected chi connectivity index (χ1v) is 6.32. The fourth-order valence-electron chi connectivity index (χ4n) is 1.27. The summed E-state index contributed by atoms with van der Waals surface area (Å²) in [6.07, 6.45) is 0. The lowest BCUT2D eigenvalue weighted by Gasteiger charge is -2.22. The summed E-state index contributed by atoms with van der Waals surface area (Å²) >= 11 is 0. The molecule has 0 atom stereocenters. The fraction of sp³-hybridized carbons (Fsp3) is 0.714. The van der Waals surface area contributed by atoms with Crippen LogP contribution in [0.5, 0.6) is 0 Å². The van der Waals surface area contributed by atoms with Gasteiger partial charge in [0.1, 0.15) is 5.82 Å². The Balaban J connectivity index is 3.50. The van der Waals surface area contributed by atoms with Crippen molar-refractivity contribution in [2.24, 2.45) is 0 Å². The molecule has 0 unspecified atom stereocenters. The van der Waals surface area contributed by atoms with Gasteiger partial charge < -0.3 is 0 Å². The predicted molar refractivity (Wildman–Crippen MR) is 52.8 cm³/mol. The Labute approximate surface area is 87.5 Å². The molecule has 14 heavy (non-hydrogen) atoms. The highest BCUT2D eigenvalue weighted by atomic mass is 35.7. The van der Waals surface area contributed by atoms with Crippen LogP contribution < -0.4 is 0 Å². The maximum absolute atomic E-state index is 11.2. The lowest BCUT2D eigenvalue weighted by atomic mass is 10.1. The lowest BCUT2D eigenvalue weighted by Crippen LogP contribution is -2.26. The summed E-state index contributed by atoms with van der Waals surface area (Å²) in [6, 6.07) is 0. The molecule has 0 saturated carbocycles. The number of nitrogens with zero attached hydrogens (tertiary/aromatic N) is 3. The Bertz CT molecular complexity index is 444. The Morgan fingerprint density at radius 1 is 1.29 bits per heavy atom. The Hall–Kier alpha value is -0.620. The van der Waals surface area contributed by atoms with Crippen molar-refractivity contribution in [3.63, 3.8) is 0 Å². The molecule has 0 aliphatic carbocycles. The summed E-state index contributed by atoms with van der Waals surface area (Å²) in [4.78, 5) is 0. The highest BCUT2D eigenvalue weighted by Gasteiger charge is 2.27. The van der Waals surface area contributed by atoms with E-state index < -0.39 is 14.6 Å². The van der Waals surface area contributed by atoms with E-state index in [1.54, 1.807) is 6.92 Å². The van der Waals surface area contributed by atoms with Gasteiger partial charge >= 0.3 is 0 Å². The van der Waals surface area contributed by atoms with Crippen LogP contribution in [0.1, 0.15) is 26.6 Å². The third-order valence-corrected chi connectivity index (χ3v) is 2.80. The van der Waals surface area contributed by atoms with Crippen molar-refractivity contribution >= 4 is 19.7 Å². The standard InChI is InChI=1S/C7H12ClN3O2S/c1-5-9-10-6(14(8,12)13)11(5)7(2,3)4/h1-4H3. The van der Waals surface area contributed by atoms with Crippen LogP contribution in [0.3, 0.4) is 0 Å². The van der Waals surface area contributed by atoms with Gasteiger partial charge in [0.05, 0.1) is 0 Å². The highest BCUT2D eigenvalue weighted by Crippen LogP contribution is 2.22. The molecule has 0 spiro atoms. The molecule has 0 radical (unpaired) electrons. The third kappa shape index (κ3) is 2.06. The van der Waals surface area contributed by atoms with Crippen LogP contribution in [0, 0.1) is 6.92 Å². The first kappa shape index (κ1) is 11.5. The molecule has 1 aromatic rings. The largest absolute Gasteiger partial charge is 0.296 e. The van der Waals surface area contributed by atoms with Gasteiger partial charge in [0.25, 0.3) is 14.2 Å². The van der Waals surface area contributed by atoms with Crippen molar-refractivity contribution in [2.45, 2.75) is 38.4 Å². The van der Waals surface area contributed by atoms with E-state index in [0.717, 1.165) is 0 Å². The van der Waals surface area contributed by atoms with Gasteiger partial charge in [-0.05, 0) is 27.7 Å². The van der Waals surface area contributed by atoms with E-state index in [9.17, 15) is 8.42 Å². The van der Waals surface area contributed by atoms with Crippen LogP contribution in [-0.4, -0.2) is 23.2 Å². The minimum atomic E-state index is -3.83. The molecule has 0 fully saturated rings. The van der Waals surface area contributed by atoms with Crippen molar-refractivity contribution in [1.29, 1.82) is 0 Å². The highest BCUT2D eigenvalue weighted by molar-refractivity contribution is 8.13. The number of rotatable bonds is 1. The van der Waals surface area contributed by atoms with Crippen LogP contribution in [0.15, 0.2) is 5.16 Å². The lowest BCUT2D eigenvalue weighted by molar-refractivity contribution is 0.355. The van der Waals surface area contributed by atoms with Crippen LogP contribution in [0.25, 0.3) is 0 Å². The second-order valence-corrected chi connectivity index (χ2v) is 6.43. The normalized spacial score (nSPS) is 13.2. The quantitative estimate of drug-likeness (QED) is 0.690. The third-order valence-electron chi connectivity index (χ3n) is 1.68. The SMILES string of the molecule is Cc1nnc(S(=O)(=O)Cl)n1C(C)(C)C. The number of hydrogen-bond acceptors (Lipinski definition) is 4. The van der Waals surface area contributed by atoms with E-state index in [0.29, 0.717) is 5.82 Å². The van der Waals surface area contributed by atoms with E-state index in [-0.39, 0.29) is 5.16 Å². The predicted octanol–water partition coefficient (Wildman–Crippen LogP) is 1.27. The summed E-state index contributed by atoms with van der Waals surface area (Å²) in [7, 11) is 1.40. The number of aromatic nitrogens is 3. The number of aryl methyl sites for hydroxylation is 1. The van der Waals surface area contributed by atoms with E-state index >= 15 is 0 Å². The molecule has 0 saturated heterocycles. The van der Waals surface area contributed by atoms with Gasteiger partial charge in [-0.1, -0.05) is 0 Å². The minimum absolute atomic E-state index is 0.204. The summed E-state index contributed by atoms with van der Waals surface area (Å²) in [6.45, 7) is 7.25. The molecule has 5 nitrogen and oxygen atoms in total. The first-order chi connectivity index (χ1) is 6.14. The molecule has 0 N–H and O–H groups in total. The summed E-state index contributed by atoms with van der Waals surface area (Å²) in [5, 5.41) is 7.04. The molecule has 1 aromatic heterocycles. The molecule has 0 aliphatic heterocycles. The minimum Gasteiger partial charge on any atom is -0.296 e. The van der Waals surface area contributed by atoms with Gasteiger partial charge in [0.15, 0.2) is 0 Å². The molecule has 1 heterocycles. The average Bonchev–Trinajstić information content (AvgIpc) is 2.27. The topological polar surface area (TPSA) is 64.8 Å². The molecule has 0 aliphatic rings. The number of halogens is 1. The summed E-state index contributed by atoms with van der Waals surface area (Å²) in [5.41, 5.74) is -0.412. The van der Waals surface area contributed by atoms with Crippen LogP contribution in [-0.2, 0) is 14.6 Å². The molecule has 1 rings (SSSR count). The Morgan fingerprint density at radius 3 is 2.07 bits per heavy atom. The molecule has 7 heteroatoms. The van der Waals surface area contributed by atoms with E-state index in [1.807, 2.05) is 20.8 Å². The van der Waals surface area contributed by atoms with Gasteiger partial charge in [-0.3, -0.25) is 4.57 Å². The second-order valence-electron chi connectivity index (χ2n) is 3.97. The fourth-order valence-corrected chi connectivity index (χ4v) is 2.34. The second kappa shape index (κ2) is 3.20. The maximum Gasteiger partial charge on any atom is 0.296 e. The molecular formula is C7H12ClN3O2S. The van der Waals surface area contributed by atoms with Crippen molar-refractivity contribution in [1.82, 2.24) is 14.8 Å². The summed E-state index contributed by atoms with van der Waals surface area (Å²) < 4.78 is 23.8. The van der Waals surface area contributed by atoms with Crippen molar-refractivity contribution in [3.05, 3.63) is 5.82 Å². The first-order valence-electron chi connectivity index (χ1n) is 4.01. The van der Waals surface area contributed by atoms with Crippen molar-refractivity contribution in [3.8, 4) is 0 Å². The Morgan fingerprint density at radius 2 is 1.79 bits per heavy atom. The maximum atomic E-state index is 11.2. The molecule has 0 amide bonds. The van der Waals surface area contributed by atoms with Crippen molar-refractivity contribution < 1.29 is 8.42 Å². The van der Waals surface area contributed by atoms with E-state index in [4.69, 9.17) is 10.7 Å². The zero-order valence-electron chi connectivity index (χ0n) is 8.44. The monoisotopic (exact) mass is 237 g/mol. The molecule has 0 bridgehead atoms. The molecule has 0 aromatic carbocycles. The number of hydrogen-bond donors (Lipinski definition) is 0. The molecular weight excluding hydrogens is 226 g/mol. The average molecular weight is 238 g/mol. The van der Waals surface area contributed by atoms with Gasteiger partial charge in [-0.2, -0.15) is 0 Å². The zero-order chi connectivity index (χ0) is 11.1. The van der Waals surface area contributed by atoms with E-state index in [1.165, 1.54) is 4.57 Å². The smallest absolute Gasteiger partial charge is 0.296 e. The zero-order valence-corrected chi connectivity index (χ0v) is 10.0. The van der Waals surface area contributed by atoms with E-state index in [2.05, 4.69) is 10.2 Å². The van der Waals surface area contributed by atoms with Crippen molar-refractivity contribution in [2.75, 3.05) is 0 Å². The molecule has 80 valence electrons. The Kier molecular flexibility index (Phi) is 2.62. The van der Waals surface area contributed by atoms with Crippen LogP contribution >= 0.6 is 10.7 Å².